The fourth-order valence-corrected chi connectivity index (χ4v) is 1.43. The van der Waals surface area contributed by atoms with Gasteiger partial charge in [-0.05, 0) is 32.5 Å². The molecule has 1 rings (SSSR count). The molecule has 0 aliphatic rings. The standard InChI is InChI=1S/C13H21NO2/c1-4-14-10-11(3)16-13-8-6-7-12(9-13)15-5-2/h6-9,11,14H,4-5,10H2,1-3H3. The fourth-order valence-electron chi connectivity index (χ4n) is 1.43. The van der Waals surface area contributed by atoms with Gasteiger partial charge < -0.3 is 14.8 Å². The third kappa shape index (κ3) is 4.53. The van der Waals surface area contributed by atoms with E-state index in [2.05, 4.69) is 19.2 Å². The summed E-state index contributed by atoms with van der Waals surface area (Å²) >= 11 is 0. The van der Waals surface area contributed by atoms with Crippen LogP contribution in [0.2, 0.25) is 0 Å². The second-order valence-corrected chi connectivity index (χ2v) is 3.64. The van der Waals surface area contributed by atoms with E-state index in [1.165, 1.54) is 0 Å². The maximum atomic E-state index is 5.76. The van der Waals surface area contributed by atoms with Crippen molar-refractivity contribution in [2.75, 3.05) is 19.7 Å². The molecular weight excluding hydrogens is 202 g/mol. The van der Waals surface area contributed by atoms with E-state index in [4.69, 9.17) is 9.47 Å². The first-order valence-corrected chi connectivity index (χ1v) is 5.86. The van der Waals surface area contributed by atoms with Gasteiger partial charge in [0.2, 0.25) is 0 Å². The lowest BCUT2D eigenvalue weighted by Crippen LogP contribution is -2.28. The van der Waals surface area contributed by atoms with Gasteiger partial charge in [0.15, 0.2) is 0 Å². The Morgan fingerprint density at radius 3 is 2.69 bits per heavy atom. The predicted octanol–water partition coefficient (Wildman–Crippen LogP) is 2.46. The molecule has 90 valence electrons. The number of benzene rings is 1. The van der Waals surface area contributed by atoms with Crippen molar-refractivity contribution >= 4 is 0 Å². The smallest absolute Gasteiger partial charge is 0.123 e. The van der Waals surface area contributed by atoms with Crippen LogP contribution >= 0.6 is 0 Å². The van der Waals surface area contributed by atoms with Crippen LogP contribution in [0.15, 0.2) is 24.3 Å². The second-order valence-electron chi connectivity index (χ2n) is 3.64. The van der Waals surface area contributed by atoms with Crippen molar-refractivity contribution in [2.24, 2.45) is 0 Å². The minimum Gasteiger partial charge on any atom is -0.494 e. The van der Waals surface area contributed by atoms with E-state index >= 15 is 0 Å². The van der Waals surface area contributed by atoms with Crippen molar-refractivity contribution in [3.63, 3.8) is 0 Å². The van der Waals surface area contributed by atoms with Crippen LogP contribution in [0.1, 0.15) is 20.8 Å². The first kappa shape index (κ1) is 12.8. The number of rotatable bonds is 7. The van der Waals surface area contributed by atoms with Gasteiger partial charge in [0.1, 0.15) is 17.6 Å². The minimum absolute atomic E-state index is 0.164. The molecular formula is C13H21NO2. The topological polar surface area (TPSA) is 30.5 Å². The number of nitrogens with one attached hydrogen (secondary N) is 1. The zero-order valence-corrected chi connectivity index (χ0v) is 10.3. The van der Waals surface area contributed by atoms with Crippen LogP contribution in [0, 0.1) is 0 Å². The van der Waals surface area contributed by atoms with Crippen molar-refractivity contribution in [1.29, 1.82) is 0 Å². The molecule has 0 saturated heterocycles. The summed E-state index contributed by atoms with van der Waals surface area (Å²) < 4.78 is 11.2. The summed E-state index contributed by atoms with van der Waals surface area (Å²) in [5.74, 6) is 1.71. The summed E-state index contributed by atoms with van der Waals surface area (Å²) in [6.45, 7) is 8.61. The zero-order valence-electron chi connectivity index (χ0n) is 10.3. The Balaban J connectivity index is 2.49. The third-order valence-electron chi connectivity index (χ3n) is 2.14. The van der Waals surface area contributed by atoms with E-state index in [0.29, 0.717) is 6.61 Å². The molecule has 0 spiro atoms. The van der Waals surface area contributed by atoms with Crippen LogP contribution in [-0.2, 0) is 0 Å². The summed E-state index contributed by atoms with van der Waals surface area (Å²) in [7, 11) is 0. The average molecular weight is 223 g/mol. The molecule has 0 heterocycles. The van der Waals surface area contributed by atoms with Gasteiger partial charge in [-0.25, -0.2) is 0 Å². The molecule has 1 aromatic rings. The molecule has 1 N–H and O–H groups in total. The lowest BCUT2D eigenvalue weighted by Gasteiger charge is -2.15. The summed E-state index contributed by atoms with van der Waals surface area (Å²) in [5, 5.41) is 3.25. The quantitative estimate of drug-likeness (QED) is 0.770. The summed E-state index contributed by atoms with van der Waals surface area (Å²) in [5.41, 5.74) is 0. The second kappa shape index (κ2) is 7.12. The van der Waals surface area contributed by atoms with E-state index < -0.39 is 0 Å². The van der Waals surface area contributed by atoms with Crippen molar-refractivity contribution in [1.82, 2.24) is 5.32 Å². The molecule has 1 unspecified atom stereocenters. The Labute approximate surface area is 97.8 Å². The van der Waals surface area contributed by atoms with Crippen molar-refractivity contribution in [2.45, 2.75) is 26.9 Å². The number of hydrogen-bond acceptors (Lipinski definition) is 3. The SMILES string of the molecule is CCNCC(C)Oc1cccc(OCC)c1. The van der Waals surface area contributed by atoms with Gasteiger partial charge in [-0.3, -0.25) is 0 Å². The number of likely N-dealkylation sites (N-methyl/N-ethyl adjacent to an activating group) is 1. The van der Waals surface area contributed by atoms with Crippen molar-refractivity contribution in [3.05, 3.63) is 24.3 Å². The van der Waals surface area contributed by atoms with Gasteiger partial charge >= 0.3 is 0 Å². The van der Waals surface area contributed by atoms with Crippen molar-refractivity contribution in [3.8, 4) is 11.5 Å². The van der Waals surface area contributed by atoms with Crippen LogP contribution in [-0.4, -0.2) is 25.8 Å². The monoisotopic (exact) mass is 223 g/mol. The number of hydrogen-bond donors (Lipinski definition) is 1. The van der Waals surface area contributed by atoms with Gasteiger partial charge in [-0.1, -0.05) is 13.0 Å². The van der Waals surface area contributed by atoms with Gasteiger partial charge in [0.05, 0.1) is 6.61 Å². The summed E-state index contributed by atoms with van der Waals surface area (Å²) in [4.78, 5) is 0. The highest BCUT2D eigenvalue weighted by atomic mass is 16.5. The normalized spacial score (nSPS) is 12.2. The molecule has 0 bridgehead atoms. The van der Waals surface area contributed by atoms with E-state index in [1.54, 1.807) is 0 Å². The van der Waals surface area contributed by atoms with Gasteiger partial charge in [0, 0.05) is 12.6 Å². The van der Waals surface area contributed by atoms with Crippen LogP contribution in [0.25, 0.3) is 0 Å². The molecule has 3 nitrogen and oxygen atoms in total. The molecule has 0 aromatic heterocycles. The average Bonchev–Trinajstić information content (AvgIpc) is 2.27. The summed E-state index contributed by atoms with van der Waals surface area (Å²) in [6.07, 6.45) is 0.164. The maximum absolute atomic E-state index is 5.76. The van der Waals surface area contributed by atoms with Gasteiger partial charge in [-0.15, -0.1) is 0 Å². The molecule has 0 fully saturated rings. The molecule has 0 saturated carbocycles. The molecule has 0 aliphatic carbocycles. The van der Waals surface area contributed by atoms with Gasteiger partial charge in [0.25, 0.3) is 0 Å². The Bertz CT molecular complexity index is 302. The van der Waals surface area contributed by atoms with Crippen molar-refractivity contribution < 1.29 is 9.47 Å². The zero-order chi connectivity index (χ0) is 11.8. The highest BCUT2D eigenvalue weighted by molar-refractivity contribution is 5.33. The van der Waals surface area contributed by atoms with Crippen LogP contribution < -0.4 is 14.8 Å². The Morgan fingerprint density at radius 2 is 2.00 bits per heavy atom. The summed E-state index contributed by atoms with van der Waals surface area (Å²) in [6, 6.07) is 7.75. The first-order valence-electron chi connectivity index (χ1n) is 5.86. The maximum Gasteiger partial charge on any atom is 0.123 e. The molecule has 0 radical (unpaired) electrons. The van der Waals surface area contributed by atoms with Crippen LogP contribution in [0.3, 0.4) is 0 Å². The lowest BCUT2D eigenvalue weighted by molar-refractivity contribution is 0.217. The van der Waals surface area contributed by atoms with E-state index in [0.717, 1.165) is 24.6 Å². The minimum atomic E-state index is 0.164. The lowest BCUT2D eigenvalue weighted by atomic mass is 10.3. The van der Waals surface area contributed by atoms with E-state index in [9.17, 15) is 0 Å². The highest BCUT2D eigenvalue weighted by Gasteiger charge is 2.03. The third-order valence-corrected chi connectivity index (χ3v) is 2.14. The van der Waals surface area contributed by atoms with E-state index in [1.807, 2.05) is 31.2 Å². The molecule has 1 atom stereocenters. The largest absolute Gasteiger partial charge is 0.494 e. The Hall–Kier alpha value is -1.22. The molecule has 1 aromatic carbocycles. The number of ether oxygens (including phenoxy) is 2. The molecule has 3 heteroatoms. The molecule has 0 aliphatic heterocycles. The van der Waals surface area contributed by atoms with Crippen LogP contribution in [0.5, 0.6) is 11.5 Å². The molecule has 16 heavy (non-hydrogen) atoms. The van der Waals surface area contributed by atoms with Crippen LogP contribution in [0.4, 0.5) is 0 Å². The highest BCUT2D eigenvalue weighted by Crippen LogP contribution is 2.20. The van der Waals surface area contributed by atoms with E-state index in [-0.39, 0.29) is 6.10 Å². The fraction of sp³-hybridized carbons (Fsp3) is 0.538. The molecule has 0 amide bonds. The Morgan fingerprint density at radius 1 is 1.25 bits per heavy atom. The first-order chi connectivity index (χ1) is 7.76. The van der Waals surface area contributed by atoms with Gasteiger partial charge in [-0.2, -0.15) is 0 Å². The Kier molecular flexibility index (Phi) is 5.72. The predicted molar refractivity (Wildman–Crippen MR) is 66.2 cm³/mol.